The van der Waals surface area contributed by atoms with Crippen LogP contribution in [0.1, 0.15) is 17.9 Å². The number of anilines is 1. The van der Waals surface area contributed by atoms with Gasteiger partial charge in [0.05, 0.1) is 22.4 Å². The van der Waals surface area contributed by atoms with E-state index in [4.69, 9.17) is 16.3 Å². The van der Waals surface area contributed by atoms with Crippen LogP contribution < -0.4 is 15.4 Å². The summed E-state index contributed by atoms with van der Waals surface area (Å²) in [5.74, 6) is 0.587. The molecule has 0 saturated carbocycles. The maximum atomic E-state index is 12.5. The van der Waals surface area contributed by atoms with Crippen molar-refractivity contribution in [1.29, 1.82) is 5.26 Å². The predicted octanol–water partition coefficient (Wildman–Crippen LogP) is 5.84. The molecule has 4 rings (SSSR count). The van der Waals surface area contributed by atoms with E-state index in [0.29, 0.717) is 27.1 Å². The van der Waals surface area contributed by atoms with Crippen molar-refractivity contribution in [2.45, 2.75) is 12.3 Å². The summed E-state index contributed by atoms with van der Waals surface area (Å²) in [5.41, 5.74) is 1.88. The number of nitriles is 1. The minimum atomic E-state index is -0.376. The fourth-order valence-corrected chi connectivity index (χ4v) is 4.48. The molecule has 6 nitrogen and oxygen atoms in total. The van der Waals surface area contributed by atoms with Gasteiger partial charge >= 0.3 is 0 Å². The van der Waals surface area contributed by atoms with Gasteiger partial charge in [-0.25, -0.2) is 0 Å². The highest BCUT2D eigenvalue weighted by molar-refractivity contribution is 8.03. The standard InChI is InChI=1S/C26H20ClN3O3S/c27-18-8-6-17(7-9-18)22-14-24(31)30-26(23(22)15-28)34-16-25(32)29-19-10-12-21(13-11-19)33-20-4-2-1-3-5-20/h1-13,22H,14,16H2,(H,29,32)(H,30,31)/t22-/m0/s1. The van der Waals surface area contributed by atoms with E-state index in [0.717, 1.165) is 23.1 Å². The van der Waals surface area contributed by atoms with E-state index in [1.807, 2.05) is 42.5 Å². The molecule has 1 heterocycles. The number of amides is 2. The molecule has 8 heteroatoms. The monoisotopic (exact) mass is 489 g/mol. The molecule has 0 bridgehead atoms. The van der Waals surface area contributed by atoms with Crippen molar-refractivity contribution in [2.24, 2.45) is 0 Å². The third-order valence-electron chi connectivity index (χ3n) is 5.09. The third kappa shape index (κ3) is 5.98. The highest BCUT2D eigenvalue weighted by Gasteiger charge is 2.29. The van der Waals surface area contributed by atoms with Gasteiger partial charge < -0.3 is 15.4 Å². The summed E-state index contributed by atoms with van der Waals surface area (Å²) in [6.07, 6.45) is 0.165. The van der Waals surface area contributed by atoms with Crippen molar-refractivity contribution in [3.05, 3.63) is 100 Å². The van der Waals surface area contributed by atoms with Crippen LogP contribution in [0.15, 0.2) is 89.5 Å². The van der Waals surface area contributed by atoms with E-state index < -0.39 is 0 Å². The van der Waals surface area contributed by atoms with Crippen LogP contribution in [0.4, 0.5) is 5.69 Å². The van der Waals surface area contributed by atoms with Gasteiger partial charge in [-0.2, -0.15) is 5.26 Å². The van der Waals surface area contributed by atoms with Crippen LogP contribution >= 0.6 is 23.4 Å². The summed E-state index contributed by atoms with van der Waals surface area (Å²) in [6.45, 7) is 0. The fourth-order valence-electron chi connectivity index (χ4n) is 3.48. The van der Waals surface area contributed by atoms with Gasteiger partial charge in [0.15, 0.2) is 0 Å². The molecule has 0 spiro atoms. The SMILES string of the molecule is N#CC1=C(SCC(=O)Nc2ccc(Oc3ccccc3)cc2)NC(=O)C[C@H]1c1ccc(Cl)cc1. The lowest BCUT2D eigenvalue weighted by Gasteiger charge is -2.25. The Bertz CT molecular complexity index is 1250. The molecule has 1 aliphatic rings. The average molecular weight is 490 g/mol. The minimum absolute atomic E-state index is 0.0381. The van der Waals surface area contributed by atoms with Crippen molar-refractivity contribution in [2.75, 3.05) is 11.1 Å². The molecular weight excluding hydrogens is 470 g/mol. The largest absolute Gasteiger partial charge is 0.457 e. The summed E-state index contributed by atoms with van der Waals surface area (Å²) >= 11 is 7.09. The van der Waals surface area contributed by atoms with Crippen LogP contribution in [0.3, 0.4) is 0 Å². The lowest BCUT2D eigenvalue weighted by Crippen LogP contribution is -2.31. The van der Waals surface area contributed by atoms with Gasteiger partial charge in [0.2, 0.25) is 11.8 Å². The number of ether oxygens (including phenoxy) is 1. The normalized spacial score (nSPS) is 15.3. The Kier molecular flexibility index (Phi) is 7.53. The Morgan fingerprint density at radius 2 is 1.74 bits per heavy atom. The number of halogens is 1. The number of allylic oxidation sites excluding steroid dienone is 1. The average Bonchev–Trinajstić information content (AvgIpc) is 2.85. The molecule has 2 N–H and O–H groups in total. The number of nitrogens with one attached hydrogen (secondary N) is 2. The van der Waals surface area contributed by atoms with Crippen LogP contribution in [-0.4, -0.2) is 17.6 Å². The van der Waals surface area contributed by atoms with E-state index in [1.54, 1.807) is 36.4 Å². The number of thioether (sulfide) groups is 1. The molecule has 3 aromatic rings. The summed E-state index contributed by atoms with van der Waals surface area (Å²) in [6, 6.07) is 25.7. The topological polar surface area (TPSA) is 91.2 Å². The van der Waals surface area contributed by atoms with Crippen LogP contribution in [0.25, 0.3) is 0 Å². The molecule has 170 valence electrons. The molecular formula is C26H20ClN3O3S. The molecule has 0 unspecified atom stereocenters. The number of carbonyl (C=O) groups excluding carboxylic acids is 2. The molecule has 0 aromatic heterocycles. The zero-order chi connectivity index (χ0) is 23.9. The number of carbonyl (C=O) groups is 2. The summed E-state index contributed by atoms with van der Waals surface area (Å²) < 4.78 is 5.75. The molecule has 0 fully saturated rings. The van der Waals surface area contributed by atoms with Gasteiger partial charge in [-0.05, 0) is 54.1 Å². The summed E-state index contributed by atoms with van der Waals surface area (Å²) in [4.78, 5) is 24.8. The summed E-state index contributed by atoms with van der Waals surface area (Å²) in [5, 5.41) is 16.3. The highest BCUT2D eigenvalue weighted by Crippen LogP contribution is 2.36. The van der Waals surface area contributed by atoms with Gasteiger partial charge in [-0.3, -0.25) is 9.59 Å². The van der Waals surface area contributed by atoms with Crippen LogP contribution in [0.2, 0.25) is 5.02 Å². The molecule has 1 atom stereocenters. The first kappa shape index (κ1) is 23.4. The number of benzene rings is 3. The highest BCUT2D eigenvalue weighted by atomic mass is 35.5. The molecule has 0 radical (unpaired) electrons. The van der Waals surface area contributed by atoms with Gasteiger partial charge in [0.25, 0.3) is 0 Å². The van der Waals surface area contributed by atoms with Crippen LogP contribution in [-0.2, 0) is 9.59 Å². The molecule has 0 saturated heterocycles. The first-order valence-corrected chi connectivity index (χ1v) is 11.8. The van der Waals surface area contributed by atoms with Gasteiger partial charge in [-0.1, -0.05) is 53.7 Å². The van der Waals surface area contributed by atoms with Crippen molar-refractivity contribution in [3.8, 4) is 17.6 Å². The minimum Gasteiger partial charge on any atom is -0.457 e. The van der Waals surface area contributed by atoms with E-state index in [2.05, 4.69) is 16.7 Å². The lowest BCUT2D eigenvalue weighted by atomic mass is 9.87. The molecule has 1 aliphatic heterocycles. The van der Waals surface area contributed by atoms with Crippen molar-refractivity contribution < 1.29 is 14.3 Å². The first-order valence-electron chi connectivity index (χ1n) is 10.5. The molecule has 34 heavy (non-hydrogen) atoms. The second-order valence-corrected chi connectivity index (χ2v) is 8.91. The summed E-state index contributed by atoms with van der Waals surface area (Å²) in [7, 11) is 0. The maximum absolute atomic E-state index is 12.5. The Labute approximate surface area is 206 Å². The van der Waals surface area contributed by atoms with E-state index in [-0.39, 0.29) is 29.9 Å². The van der Waals surface area contributed by atoms with Gasteiger partial charge in [0.1, 0.15) is 11.5 Å². The van der Waals surface area contributed by atoms with Crippen LogP contribution in [0, 0.1) is 11.3 Å². The van der Waals surface area contributed by atoms with Crippen molar-refractivity contribution >= 4 is 40.9 Å². The maximum Gasteiger partial charge on any atom is 0.234 e. The van der Waals surface area contributed by atoms with Gasteiger partial charge in [-0.15, -0.1) is 0 Å². The quantitative estimate of drug-likeness (QED) is 0.435. The smallest absolute Gasteiger partial charge is 0.234 e. The number of para-hydroxylation sites is 1. The van der Waals surface area contributed by atoms with E-state index >= 15 is 0 Å². The van der Waals surface area contributed by atoms with E-state index in [9.17, 15) is 14.9 Å². The molecule has 0 aliphatic carbocycles. The zero-order valence-electron chi connectivity index (χ0n) is 18.0. The Morgan fingerprint density at radius 1 is 1.06 bits per heavy atom. The second kappa shape index (κ2) is 10.9. The van der Waals surface area contributed by atoms with E-state index in [1.165, 1.54) is 0 Å². The Balaban J connectivity index is 1.38. The number of hydrogen-bond donors (Lipinski definition) is 2. The number of rotatable bonds is 7. The number of nitrogens with zero attached hydrogens (tertiary/aromatic N) is 1. The first-order chi connectivity index (χ1) is 16.5. The van der Waals surface area contributed by atoms with Crippen molar-refractivity contribution in [3.63, 3.8) is 0 Å². The predicted molar refractivity (Wildman–Crippen MR) is 134 cm³/mol. The van der Waals surface area contributed by atoms with Crippen molar-refractivity contribution in [1.82, 2.24) is 5.32 Å². The third-order valence-corrected chi connectivity index (χ3v) is 6.36. The Hall–Kier alpha value is -3.73. The second-order valence-electron chi connectivity index (χ2n) is 7.49. The molecule has 3 aromatic carbocycles. The fraction of sp³-hybridized carbons (Fsp3) is 0.115. The molecule has 2 amide bonds. The zero-order valence-corrected chi connectivity index (χ0v) is 19.5. The van der Waals surface area contributed by atoms with Crippen LogP contribution in [0.5, 0.6) is 11.5 Å². The van der Waals surface area contributed by atoms with Gasteiger partial charge in [0, 0.05) is 23.0 Å². The Morgan fingerprint density at radius 3 is 2.41 bits per heavy atom. The lowest BCUT2D eigenvalue weighted by molar-refractivity contribution is -0.121. The number of hydrogen-bond acceptors (Lipinski definition) is 5.